The zero-order valence-corrected chi connectivity index (χ0v) is 11.8. The number of aryl methyl sites for hydroxylation is 1. The molecule has 0 radical (unpaired) electrons. The van der Waals surface area contributed by atoms with Crippen LogP contribution in [0.4, 0.5) is 0 Å². The number of benzene rings is 1. The second kappa shape index (κ2) is 6.34. The molecule has 0 aliphatic carbocycles. The molecule has 0 aliphatic heterocycles. The fourth-order valence-electron chi connectivity index (χ4n) is 2.03. The van der Waals surface area contributed by atoms with Gasteiger partial charge in [-0.2, -0.15) is 5.10 Å². The molecule has 1 heterocycles. The summed E-state index contributed by atoms with van der Waals surface area (Å²) in [5, 5.41) is 7.00. The zero-order valence-electron chi connectivity index (χ0n) is 11.8. The lowest BCUT2D eigenvalue weighted by molar-refractivity contribution is -0.123. The third-order valence-corrected chi connectivity index (χ3v) is 3.22. The summed E-state index contributed by atoms with van der Waals surface area (Å²) >= 11 is 0. The summed E-state index contributed by atoms with van der Waals surface area (Å²) in [7, 11) is 1.85. The number of hydrogen-bond acceptors (Lipinski definition) is 3. The van der Waals surface area contributed by atoms with Crippen molar-refractivity contribution in [2.24, 2.45) is 12.8 Å². The first-order chi connectivity index (χ1) is 9.56. The number of carbonyl (C=O) groups excluding carboxylic acids is 1. The lowest BCUT2D eigenvalue weighted by atomic mass is 10.1. The quantitative estimate of drug-likeness (QED) is 0.858. The monoisotopic (exact) mass is 272 g/mol. The third kappa shape index (κ3) is 3.68. The number of nitrogens with zero attached hydrogens (tertiary/aromatic N) is 2. The van der Waals surface area contributed by atoms with Crippen LogP contribution in [0.1, 0.15) is 24.1 Å². The molecule has 2 rings (SSSR count). The number of nitrogens with two attached hydrogens (primary N) is 1. The van der Waals surface area contributed by atoms with E-state index in [9.17, 15) is 4.79 Å². The van der Waals surface area contributed by atoms with Gasteiger partial charge in [-0.05, 0) is 18.9 Å². The van der Waals surface area contributed by atoms with Gasteiger partial charge in [0.25, 0.3) is 0 Å². The van der Waals surface area contributed by atoms with E-state index in [4.69, 9.17) is 5.73 Å². The molecular formula is C15H20N4O. The van der Waals surface area contributed by atoms with Gasteiger partial charge in [0, 0.05) is 18.8 Å². The van der Waals surface area contributed by atoms with Crippen molar-refractivity contribution in [1.29, 1.82) is 0 Å². The van der Waals surface area contributed by atoms with Crippen molar-refractivity contribution in [2.75, 3.05) is 0 Å². The van der Waals surface area contributed by atoms with E-state index in [1.165, 1.54) is 0 Å². The van der Waals surface area contributed by atoms with Gasteiger partial charge in [0.1, 0.15) is 0 Å². The summed E-state index contributed by atoms with van der Waals surface area (Å²) in [5.74, 6) is -0.148. The Kier molecular flexibility index (Phi) is 4.53. The molecule has 1 aromatic heterocycles. The summed E-state index contributed by atoms with van der Waals surface area (Å²) < 4.78 is 1.71. The number of nitrogens with one attached hydrogen (secondary N) is 1. The van der Waals surface area contributed by atoms with Gasteiger partial charge in [0.2, 0.25) is 5.91 Å². The van der Waals surface area contributed by atoms with E-state index < -0.39 is 6.04 Å². The van der Waals surface area contributed by atoms with Crippen molar-refractivity contribution in [1.82, 2.24) is 15.1 Å². The Morgan fingerprint density at radius 2 is 2.10 bits per heavy atom. The Morgan fingerprint density at radius 3 is 2.70 bits per heavy atom. The predicted octanol–water partition coefficient (Wildman–Crippen LogP) is 1.17. The molecule has 20 heavy (non-hydrogen) atoms. The van der Waals surface area contributed by atoms with Crippen LogP contribution in [-0.4, -0.2) is 21.7 Å². The molecule has 0 bridgehead atoms. The molecule has 1 amide bonds. The molecule has 1 aromatic carbocycles. The molecule has 1 unspecified atom stereocenters. The van der Waals surface area contributed by atoms with Crippen LogP contribution in [-0.2, 0) is 18.3 Å². The maximum absolute atomic E-state index is 12.1. The minimum Gasteiger partial charge on any atom is -0.348 e. The van der Waals surface area contributed by atoms with Crippen molar-refractivity contribution < 1.29 is 4.79 Å². The molecule has 5 heteroatoms. The maximum Gasteiger partial charge on any atom is 0.237 e. The Hall–Kier alpha value is -2.14. The summed E-state index contributed by atoms with van der Waals surface area (Å²) in [6, 6.07) is 9.13. The Balaban J connectivity index is 1.91. The summed E-state index contributed by atoms with van der Waals surface area (Å²) in [6.07, 6.45) is 4.16. The highest BCUT2D eigenvalue weighted by Gasteiger charge is 2.17. The SMILES string of the molecule is CC(NC(=O)[C@@H](N)Cc1ccccc1)c1cnn(C)c1. The summed E-state index contributed by atoms with van der Waals surface area (Å²) in [4.78, 5) is 12.1. The first kappa shape index (κ1) is 14.3. The highest BCUT2D eigenvalue weighted by Crippen LogP contribution is 2.11. The van der Waals surface area contributed by atoms with E-state index in [-0.39, 0.29) is 11.9 Å². The molecule has 0 saturated heterocycles. The summed E-state index contributed by atoms with van der Waals surface area (Å²) in [6.45, 7) is 1.92. The van der Waals surface area contributed by atoms with Gasteiger partial charge in [0.15, 0.2) is 0 Å². The molecule has 0 spiro atoms. The smallest absolute Gasteiger partial charge is 0.237 e. The Morgan fingerprint density at radius 1 is 1.40 bits per heavy atom. The van der Waals surface area contributed by atoms with Crippen LogP contribution in [0, 0.1) is 0 Å². The van der Waals surface area contributed by atoms with Crippen LogP contribution in [0.2, 0.25) is 0 Å². The van der Waals surface area contributed by atoms with Crippen molar-refractivity contribution in [3.05, 3.63) is 53.9 Å². The number of carbonyl (C=O) groups is 1. The van der Waals surface area contributed by atoms with Crippen LogP contribution < -0.4 is 11.1 Å². The van der Waals surface area contributed by atoms with Crippen LogP contribution in [0.15, 0.2) is 42.7 Å². The van der Waals surface area contributed by atoms with Gasteiger partial charge < -0.3 is 11.1 Å². The van der Waals surface area contributed by atoms with Crippen LogP contribution >= 0.6 is 0 Å². The number of hydrogen-bond donors (Lipinski definition) is 2. The normalized spacial score (nSPS) is 13.8. The lowest BCUT2D eigenvalue weighted by Crippen LogP contribution is -2.42. The topological polar surface area (TPSA) is 72.9 Å². The second-order valence-corrected chi connectivity index (χ2v) is 4.97. The molecule has 5 nitrogen and oxygen atoms in total. The van der Waals surface area contributed by atoms with Crippen LogP contribution in [0.3, 0.4) is 0 Å². The van der Waals surface area contributed by atoms with Crippen molar-refractivity contribution in [3.63, 3.8) is 0 Å². The first-order valence-corrected chi connectivity index (χ1v) is 6.64. The zero-order chi connectivity index (χ0) is 14.5. The number of rotatable bonds is 5. The number of aromatic nitrogens is 2. The second-order valence-electron chi connectivity index (χ2n) is 4.97. The fraction of sp³-hybridized carbons (Fsp3) is 0.333. The molecule has 0 saturated carbocycles. The van der Waals surface area contributed by atoms with Crippen molar-refractivity contribution in [2.45, 2.75) is 25.4 Å². The molecular weight excluding hydrogens is 252 g/mol. The minimum atomic E-state index is -0.545. The van der Waals surface area contributed by atoms with Crippen LogP contribution in [0.5, 0.6) is 0 Å². The van der Waals surface area contributed by atoms with E-state index in [0.717, 1.165) is 11.1 Å². The van der Waals surface area contributed by atoms with E-state index in [0.29, 0.717) is 6.42 Å². The van der Waals surface area contributed by atoms with Gasteiger partial charge >= 0.3 is 0 Å². The van der Waals surface area contributed by atoms with E-state index >= 15 is 0 Å². The molecule has 2 atom stereocenters. The Labute approximate surface area is 118 Å². The fourth-order valence-corrected chi connectivity index (χ4v) is 2.03. The van der Waals surface area contributed by atoms with E-state index in [1.807, 2.05) is 50.5 Å². The molecule has 0 fully saturated rings. The predicted molar refractivity (Wildman–Crippen MR) is 77.9 cm³/mol. The minimum absolute atomic E-state index is 0.0991. The molecule has 3 N–H and O–H groups in total. The largest absolute Gasteiger partial charge is 0.348 e. The first-order valence-electron chi connectivity index (χ1n) is 6.64. The van der Waals surface area contributed by atoms with Crippen LogP contribution in [0.25, 0.3) is 0 Å². The van der Waals surface area contributed by atoms with Gasteiger partial charge in [-0.15, -0.1) is 0 Å². The molecule has 0 aliphatic rings. The van der Waals surface area contributed by atoms with Crippen molar-refractivity contribution in [3.8, 4) is 0 Å². The van der Waals surface area contributed by atoms with Gasteiger partial charge in [-0.25, -0.2) is 0 Å². The highest BCUT2D eigenvalue weighted by molar-refractivity contribution is 5.82. The van der Waals surface area contributed by atoms with Crippen molar-refractivity contribution >= 4 is 5.91 Å². The highest BCUT2D eigenvalue weighted by atomic mass is 16.2. The molecule has 2 aromatic rings. The van der Waals surface area contributed by atoms with Gasteiger partial charge in [0.05, 0.1) is 18.3 Å². The van der Waals surface area contributed by atoms with E-state index in [1.54, 1.807) is 10.9 Å². The Bertz CT molecular complexity index is 564. The summed E-state index contributed by atoms with van der Waals surface area (Å²) in [5.41, 5.74) is 7.97. The number of amides is 1. The van der Waals surface area contributed by atoms with E-state index in [2.05, 4.69) is 10.4 Å². The van der Waals surface area contributed by atoms with Gasteiger partial charge in [-0.1, -0.05) is 30.3 Å². The third-order valence-electron chi connectivity index (χ3n) is 3.22. The average molecular weight is 272 g/mol. The van der Waals surface area contributed by atoms with Gasteiger partial charge in [-0.3, -0.25) is 9.48 Å². The lowest BCUT2D eigenvalue weighted by Gasteiger charge is -2.16. The maximum atomic E-state index is 12.1. The molecule has 106 valence electrons. The average Bonchev–Trinajstić information content (AvgIpc) is 2.86. The standard InChI is InChI=1S/C15H20N4O/c1-11(13-9-17-19(2)10-13)18-15(20)14(16)8-12-6-4-3-5-7-12/h3-7,9-11,14H,8,16H2,1-2H3,(H,18,20)/t11?,14-/m0/s1.